The van der Waals surface area contributed by atoms with Gasteiger partial charge in [0.25, 0.3) is 0 Å². The van der Waals surface area contributed by atoms with Gasteiger partial charge in [-0.25, -0.2) is 0 Å². The van der Waals surface area contributed by atoms with Crippen LogP contribution < -0.4 is 5.73 Å². The highest BCUT2D eigenvalue weighted by molar-refractivity contribution is 5.18. The van der Waals surface area contributed by atoms with Gasteiger partial charge in [-0.1, -0.05) is 0 Å². The van der Waals surface area contributed by atoms with Gasteiger partial charge in [-0.3, -0.25) is 0 Å². The van der Waals surface area contributed by atoms with E-state index in [1.807, 2.05) is 0 Å². The lowest BCUT2D eigenvalue weighted by Crippen LogP contribution is -2.23. The fourth-order valence-electron chi connectivity index (χ4n) is 3.13. The van der Waals surface area contributed by atoms with Crippen molar-refractivity contribution in [2.24, 2.45) is 29.4 Å². The van der Waals surface area contributed by atoms with E-state index in [0.717, 1.165) is 23.7 Å². The minimum atomic E-state index is 0.630. The van der Waals surface area contributed by atoms with Gasteiger partial charge in [0.1, 0.15) is 0 Å². The molecule has 4 saturated carbocycles. The van der Waals surface area contributed by atoms with Crippen LogP contribution >= 0.6 is 0 Å². The SMILES string of the molecule is N[C@H]1C2CC3C1[C@@H]3C2. The quantitative estimate of drug-likeness (QED) is 0.484. The fraction of sp³-hybridized carbons (Fsp3) is 1.00. The van der Waals surface area contributed by atoms with Crippen molar-refractivity contribution >= 4 is 0 Å². The predicted molar refractivity (Wildman–Crippen MR) is 31.2 cm³/mol. The lowest BCUT2D eigenvalue weighted by atomic mass is 10.1. The highest BCUT2D eigenvalue weighted by Gasteiger charge is 2.67. The molecule has 0 aromatic rings. The molecule has 4 bridgehead atoms. The zero-order valence-electron chi connectivity index (χ0n) is 4.88. The van der Waals surface area contributed by atoms with E-state index in [4.69, 9.17) is 5.73 Å². The van der Waals surface area contributed by atoms with E-state index in [2.05, 4.69) is 0 Å². The molecule has 4 rings (SSSR count). The molecular formula is C7H11N. The number of hydrogen-bond donors (Lipinski definition) is 1. The monoisotopic (exact) mass is 109 g/mol. The number of rotatable bonds is 0. The molecule has 0 aromatic carbocycles. The van der Waals surface area contributed by atoms with Gasteiger partial charge in [-0.05, 0) is 36.5 Å². The van der Waals surface area contributed by atoms with Crippen molar-refractivity contribution in [3.05, 3.63) is 0 Å². The smallest absolute Gasteiger partial charge is 0.0101 e. The molecule has 5 atom stereocenters. The minimum Gasteiger partial charge on any atom is -0.327 e. The molecule has 0 amide bonds. The number of hydrogen-bond acceptors (Lipinski definition) is 1. The summed E-state index contributed by atoms with van der Waals surface area (Å²) in [5.41, 5.74) is 5.91. The largest absolute Gasteiger partial charge is 0.327 e. The molecule has 0 spiro atoms. The van der Waals surface area contributed by atoms with Crippen LogP contribution in [0.15, 0.2) is 0 Å². The molecule has 4 aliphatic carbocycles. The summed E-state index contributed by atoms with van der Waals surface area (Å²) in [6.07, 6.45) is 2.97. The van der Waals surface area contributed by atoms with Crippen molar-refractivity contribution in [1.82, 2.24) is 0 Å². The Labute approximate surface area is 49.3 Å². The van der Waals surface area contributed by atoms with Crippen LogP contribution in [-0.2, 0) is 0 Å². The van der Waals surface area contributed by atoms with Crippen molar-refractivity contribution < 1.29 is 0 Å². The molecule has 44 valence electrons. The third-order valence-electron chi connectivity index (χ3n) is 3.54. The first-order valence-corrected chi connectivity index (χ1v) is 3.63. The molecule has 0 aliphatic heterocycles. The highest BCUT2D eigenvalue weighted by atomic mass is 14.8. The molecular weight excluding hydrogens is 98.1 g/mol. The van der Waals surface area contributed by atoms with Crippen molar-refractivity contribution in [2.75, 3.05) is 0 Å². The van der Waals surface area contributed by atoms with E-state index in [1.54, 1.807) is 0 Å². The van der Waals surface area contributed by atoms with Crippen LogP contribution in [0.25, 0.3) is 0 Å². The molecule has 1 heteroatoms. The Bertz CT molecular complexity index is 129. The Kier molecular flexibility index (Phi) is 0.418. The summed E-state index contributed by atoms with van der Waals surface area (Å²) >= 11 is 0. The summed E-state index contributed by atoms with van der Waals surface area (Å²) in [6, 6.07) is 0.630. The van der Waals surface area contributed by atoms with E-state index in [-0.39, 0.29) is 0 Å². The maximum atomic E-state index is 5.91. The summed E-state index contributed by atoms with van der Waals surface area (Å²) in [4.78, 5) is 0. The van der Waals surface area contributed by atoms with Crippen molar-refractivity contribution in [2.45, 2.75) is 18.9 Å². The third kappa shape index (κ3) is 0.218. The molecule has 2 N–H and O–H groups in total. The van der Waals surface area contributed by atoms with Gasteiger partial charge in [0.05, 0.1) is 0 Å². The molecule has 0 heterocycles. The Morgan fingerprint density at radius 3 is 1.88 bits per heavy atom. The van der Waals surface area contributed by atoms with Gasteiger partial charge in [-0.15, -0.1) is 0 Å². The molecule has 8 heavy (non-hydrogen) atoms. The molecule has 0 saturated heterocycles. The van der Waals surface area contributed by atoms with Gasteiger partial charge >= 0.3 is 0 Å². The lowest BCUT2D eigenvalue weighted by Gasteiger charge is -2.04. The van der Waals surface area contributed by atoms with Crippen LogP contribution in [0.2, 0.25) is 0 Å². The maximum absolute atomic E-state index is 5.91. The first-order valence-electron chi connectivity index (χ1n) is 3.63. The first kappa shape index (κ1) is 3.89. The molecule has 4 fully saturated rings. The Hall–Kier alpha value is -0.0400. The minimum absolute atomic E-state index is 0.630. The third-order valence-corrected chi connectivity index (χ3v) is 3.54. The average molecular weight is 109 g/mol. The summed E-state index contributed by atoms with van der Waals surface area (Å²) in [6.45, 7) is 0. The van der Waals surface area contributed by atoms with Crippen LogP contribution in [0.1, 0.15) is 12.8 Å². The van der Waals surface area contributed by atoms with Gasteiger partial charge < -0.3 is 5.73 Å². The Morgan fingerprint density at radius 1 is 1.12 bits per heavy atom. The van der Waals surface area contributed by atoms with E-state index >= 15 is 0 Å². The molecule has 1 nitrogen and oxygen atoms in total. The zero-order chi connectivity index (χ0) is 5.30. The maximum Gasteiger partial charge on any atom is 0.0101 e. The molecule has 0 aromatic heterocycles. The van der Waals surface area contributed by atoms with Crippen LogP contribution in [0, 0.1) is 23.7 Å². The van der Waals surface area contributed by atoms with E-state index in [1.165, 1.54) is 12.8 Å². The lowest BCUT2D eigenvalue weighted by molar-refractivity contribution is 0.523. The Balaban J connectivity index is 2.10. The van der Waals surface area contributed by atoms with Crippen LogP contribution in [0.3, 0.4) is 0 Å². The molecule has 0 radical (unpaired) electrons. The second-order valence-electron chi connectivity index (χ2n) is 3.71. The van der Waals surface area contributed by atoms with Gasteiger partial charge in [0.15, 0.2) is 0 Å². The van der Waals surface area contributed by atoms with Crippen LogP contribution in [0.4, 0.5) is 0 Å². The summed E-state index contributed by atoms with van der Waals surface area (Å²) in [5, 5.41) is 0. The standard InChI is InChI=1S/C7H11N/c8-7-3-1-4-5(2-3)6(4)7/h3-7H,1-2,8H2/t3?,4-,5?,6?,7+/m1/s1. The topological polar surface area (TPSA) is 26.0 Å². The molecule has 3 unspecified atom stereocenters. The zero-order valence-corrected chi connectivity index (χ0v) is 4.88. The summed E-state index contributed by atoms with van der Waals surface area (Å²) in [5.74, 6) is 4.17. The second-order valence-corrected chi connectivity index (χ2v) is 3.71. The number of nitrogens with two attached hydrogens (primary N) is 1. The second kappa shape index (κ2) is 0.860. The highest BCUT2D eigenvalue weighted by Crippen LogP contribution is 2.69. The Morgan fingerprint density at radius 2 is 1.75 bits per heavy atom. The van der Waals surface area contributed by atoms with Crippen molar-refractivity contribution in [3.63, 3.8) is 0 Å². The summed E-state index contributed by atoms with van der Waals surface area (Å²) < 4.78 is 0. The van der Waals surface area contributed by atoms with Crippen molar-refractivity contribution in [1.29, 1.82) is 0 Å². The van der Waals surface area contributed by atoms with Crippen LogP contribution in [-0.4, -0.2) is 6.04 Å². The first-order chi connectivity index (χ1) is 3.88. The van der Waals surface area contributed by atoms with E-state index in [0.29, 0.717) is 6.04 Å². The average Bonchev–Trinajstić information content (AvgIpc) is 2.23. The fourth-order valence-corrected chi connectivity index (χ4v) is 3.13. The summed E-state index contributed by atoms with van der Waals surface area (Å²) in [7, 11) is 0. The van der Waals surface area contributed by atoms with Gasteiger partial charge in [0, 0.05) is 6.04 Å². The van der Waals surface area contributed by atoms with Gasteiger partial charge in [0.2, 0.25) is 0 Å². The van der Waals surface area contributed by atoms with Gasteiger partial charge in [-0.2, -0.15) is 0 Å². The van der Waals surface area contributed by atoms with E-state index in [9.17, 15) is 0 Å². The van der Waals surface area contributed by atoms with E-state index < -0.39 is 0 Å². The predicted octanol–water partition coefficient (Wildman–Crippen LogP) is 0.599. The van der Waals surface area contributed by atoms with Crippen LogP contribution in [0.5, 0.6) is 0 Å². The van der Waals surface area contributed by atoms with Crippen molar-refractivity contribution in [3.8, 4) is 0 Å². The molecule has 4 aliphatic rings. The normalized spacial score (nSPS) is 73.9.